The predicted octanol–water partition coefficient (Wildman–Crippen LogP) is 4.29. The molecule has 70 valence electrons. The van der Waals surface area contributed by atoms with E-state index in [0.717, 1.165) is 5.92 Å². The van der Waals surface area contributed by atoms with Crippen LogP contribution in [0.5, 0.6) is 0 Å². The normalized spacial score (nSPS) is 16.6. The van der Waals surface area contributed by atoms with Crippen molar-refractivity contribution in [1.29, 1.82) is 0 Å². The molecular weight excluding hydrogens is 271 g/mol. The van der Waals surface area contributed by atoms with E-state index < -0.39 is 0 Å². The Bertz CT molecular complexity index is 311. The molecule has 1 aliphatic rings. The summed E-state index contributed by atoms with van der Waals surface area (Å²) in [6, 6.07) is 6.97. The van der Waals surface area contributed by atoms with Crippen molar-refractivity contribution in [3.8, 4) is 0 Å². The molecule has 2 rings (SSSR count). The summed E-state index contributed by atoms with van der Waals surface area (Å²) >= 11 is 2.44. The molecule has 0 nitrogen and oxygen atoms in total. The lowest BCUT2D eigenvalue weighted by atomic mass is 9.99. The maximum Gasteiger partial charge on any atom is 0.0165 e. The quantitative estimate of drug-likeness (QED) is 0.711. The minimum absolute atomic E-state index is 0.658. The van der Waals surface area contributed by atoms with Gasteiger partial charge >= 0.3 is 0 Å². The molecule has 0 unspecified atom stereocenters. The molecule has 0 aromatic heterocycles. The standard InChI is InChI=1S/C12H15I/c1-8(2)11-7-10(9-3-4-9)5-6-12(11)13/h5-9H,3-4H2,1-2H3. The average molecular weight is 286 g/mol. The van der Waals surface area contributed by atoms with E-state index in [9.17, 15) is 0 Å². The van der Waals surface area contributed by atoms with Crippen molar-refractivity contribution in [3.05, 3.63) is 32.9 Å². The second kappa shape index (κ2) is 3.60. The van der Waals surface area contributed by atoms with Crippen LogP contribution in [-0.2, 0) is 0 Å². The van der Waals surface area contributed by atoms with Gasteiger partial charge in [-0.25, -0.2) is 0 Å². The summed E-state index contributed by atoms with van der Waals surface area (Å²) in [7, 11) is 0. The van der Waals surface area contributed by atoms with Gasteiger partial charge in [0.2, 0.25) is 0 Å². The van der Waals surface area contributed by atoms with Crippen molar-refractivity contribution in [2.45, 2.75) is 38.5 Å². The molecule has 0 atom stereocenters. The molecule has 1 aromatic rings. The lowest BCUT2D eigenvalue weighted by molar-refractivity contribution is 0.855. The van der Waals surface area contributed by atoms with E-state index in [1.165, 1.54) is 22.0 Å². The topological polar surface area (TPSA) is 0 Å². The molecule has 0 bridgehead atoms. The third kappa shape index (κ3) is 2.06. The van der Waals surface area contributed by atoms with Gasteiger partial charge < -0.3 is 0 Å². The Morgan fingerprint density at radius 3 is 2.54 bits per heavy atom. The summed E-state index contributed by atoms with van der Waals surface area (Å²) in [5.41, 5.74) is 3.08. The molecule has 1 aliphatic carbocycles. The fourth-order valence-corrected chi connectivity index (χ4v) is 2.63. The van der Waals surface area contributed by atoms with E-state index in [1.807, 2.05) is 0 Å². The van der Waals surface area contributed by atoms with Gasteiger partial charge in [0.15, 0.2) is 0 Å². The van der Waals surface area contributed by atoms with E-state index in [1.54, 1.807) is 5.56 Å². The Morgan fingerprint density at radius 1 is 1.31 bits per heavy atom. The third-order valence-corrected chi connectivity index (χ3v) is 3.67. The molecule has 0 spiro atoms. The van der Waals surface area contributed by atoms with Gasteiger partial charge in [-0.1, -0.05) is 26.0 Å². The maximum atomic E-state index is 2.44. The molecule has 13 heavy (non-hydrogen) atoms. The molecule has 0 aliphatic heterocycles. The zero-order valence-electron chi connectivity index (χ0n) is 8.18. The fourth-order valence-electron chi connectivity index (χ4n) is 1.68. The van der Waals surface area contributed by atoms with Gasteiger partial charge in [0.05, 0.1) is 0 Å². The highest BCUT2D eigenvalue weighted by Crippen LogP contribution is 2.41. The largest absolute Gasteiger partial charge is 0.0586 e. The Balaban J connectivity index is 2.36. The van der Waals surface area contributed by atoms with Crippen LogP contribution in [0.3, 0.4) is 0 Å². The summed E-state index contributed by atoms with van der Waals surface area (Å²) in [4.78, 5) is 0. The van der Waals surface area contributed by atoms with E-state index in [0.29, 0.717) is 5.92 Å². The first-order chi connectivity index (χ1) is 6.18. The first kappa shape index (κ1) is 9.50. The third-order valence-electron chi connectivity index (χ3n) is 2.69. The monoisotopic (exact) mass is 286 g/mol. The van der Waals surface area contributed by atoms with E-state index >= 15 is 0 Å². The maximum absolute atomic E-state index is 2.44. The Kier molecular flexibility index (Phi) is 2.63. The van der Waals surface area contributed by atoms with E-state index in [4.69, 9.17) is 0 Å². The summed E-state index contributed by atoms with van der Waals surface area (Å²) in [6.45, 7) is 4.54. The highest BCUT2D eigenvalue weighted by molar-refractivity contribution is 14.1. The van der Waals surface area contributed by atoms with Crippen molar-refractivity contribution in [2.24, 2.45) is 0 Å². The summed E-state index contributed by atoms with van der Waals surface area (Å²) in [5, 5.41) is 0. The number of hydrogen-bond donors (Lipinski definition) is 0. The molecule has 0 saturated heterocycles. The van der Waals surface area contributed by atoms with Gasteiger partial charge in [-0.3, -0.25) is 0 Å². The van der Waals surface area contributed by atoms with Crippen LogP contribution in [0.1, 0.15) is 49.7 Å². The van der Waals surface area contributed by atoms with Crippen LogP contribution in [0.2, 0.25) is 0 Å². The average Bonchev–Trinajstić information content (AvgIpc) is 2.87. The molecular formula is C12H15I. The Labute approximate surface area is 93.9 Å². The summed E-state index contributed by atoms with van der Waals surface area (Å²) in [5.74, 6) is 1.54. The molecule has 0 amide bonds. The van der Waals surface area contributed by atoms with Gasteiger partial charge in [-0.05, 0) is 64.5 Å². The first-order valence-electron chi connectivity index (χ1n) is 4.98. The lowest BCUT2D eigenvalue weighted by Crippen LogP contribution is -1.93. The lowest BCUT2D eigenvalue weighted by Gasteiger charge is -2.10. The molecule has 1 fully saturated rings. The molecule has 0 radical (unpaired) electrons. The second-order valence-corrected chi connectivity index (χ2v) is 5.37. The van der Waals surface area contributed by atoms with Crippen molar-refractivity contribution >= 4 is 22.6 Å². The highest BCUT2D eigenvalue weighted by atomic mass is 127. The number of benzene rings is 1. The minimum Gasteiger partial charge on any atom is -0.0586 e. The Hall–Kier alpha value is -0.0500. The van der Waals surface area contributed by atoms with Crippen molar-refractivity contribution in [1.82, 2.24) is 0 Å². The van der Waals surface area contributed by atoms with Crippen LogP contribution in [0.15, 0.2) is 18.2 Å². The van der Waals surface area contributed by atoms with Crippen LogP contribution < -0.4 is 0 Å². The summed E-state index contributed by atoms with van der Waals surface area (Å²) < 4.78 is 1.41. The zero-order valence-corrected chi connectivity index (χ0v) is 10.3. The highest BCUT2D eigenvalue weighted by Gasteiger charge is 2.24. The Morgan fingerprint density at radius 2 is 2.00 bits per heavy atom. The van der Waals surface area contributed by atoms with Gasteiger partial charge in [0.1, 0.15) is 0 Å². The van der Waals surface area contributed by atoms with Gasteiger partial charge in [0.25, 0.3) is 0 Å². The first-order valence-corrected chi connectivity index (χ1v) is 6.05. The van der Waals surface area contributed by atoms with Gasteiger partial charge in [-0.2, -0.15) is 0 Å². The van der Waals surface area contributed by atoms with Crippen LogP contribution in [0.25, 0.3) is 0 Å². The van der Waals surface area contributed by atoms with Gasteiger partial charge in [-0.15, -0.1) is 0 Å². The second-order valence-electron chi connectivity index (χ2n) is 4.21. The SMILES string of the molecule is CC(C)c1cc(C2CC2)ccc1I. The van der Waals surface area contributed by atoms with Crippen molar-refractivity contribution in [2.75, 3.05) is 0 Å². The van der Waals surface area contributed by atoms with Crippen molar-refractivity contribution in [3.63, 3.8) is 0 Å². The fraction of sp³-hybridized carbons (Fsp3) is 0.500. The molecule has 1 heteroatoms. The summed E-state index contributed by atoms with van der Waals surface area (Å²) in [6.07, 6.45) is 2.80. The van der Waals surface area contributed by atoms with Crippen LogP contribution in [-0.4, -0.2) is 0 Å². The number of hydrogen-bond acceptors (Lipinski definition) is 0. The number of halogens is 1. The van der Waals surface area contributed by atoms with E-state index in [2.05, 4.69) is 54.6 Å². The number of rotatable bonds is 2. The smallest absolute Gasteiger partial charge is 0.0165 e. The van der Waals surface area contributed by atoms with Gasteiger partial charge in [0, 0.05) is 3.57 Å². The molecule has 0 N–H and O–H groups in total. The van der Waals surface area contributed by atoms with E-state index in [-0.39, 0.29) is 0 Å². The van der Waals surface area contributed by atoms with Crippen LogP contribution >= 0.6 is 22.6 Å². The van der Waals surface area contributed by atoms with Crippen LogP contribution in [0, 0.1) is 3.57 Å². The molecule has 1 aromatic carbocycles. The molecule has 0 heterocycles. The van der Waals surface area contributed by atoms with Crippen LogP contribution in [0.4, 0.5) is 0 Å². The predicted molar refractivity (Wildman–Crippen MR) is 65.2 cm³/mol. The molecule has 1 saturated carbocycles. The zero-order chi connectivity index (χ0) is 9.42. The van der Waals surface area contributed by atoms with Crippen molar-refractivity contribution < 1.29 is 0 Å². The minimum atomic E-state index is 0.658.